The summed E-state index contributed by atoms with van der Waals surface area (Å²) in [6.45, 7) is 12.4. The Kier molecular flexibility index (Phi) is 7.41. The highest BCUT2D eigenvalue weighted by Gasteiger charge is 2.39. The van der Waals surface area contributed by atoms with Gasteiger partial charge in [0.25, 0.3) is 0 Å². The smallest absolute Gasteiger partial charge is 0.233 e. The monoisotopic (exact) mass is 532 g/mol. The summed E-state index contributed by atoms with van der Waals surface area (Å²) in [6.07, 6.45) is 0.366. The van der Waals surface area contributed by atoms with Crippen LogP contribution in [-0.4, -0.2) is 96.6 Å². The first-order valence-corrected chi connectivity index (χ1v) is 13.6. The Hall–Kier alpha value is -3.04. The van der Waals surface area contributed by atoms with Crippen molar-refractivity contribution in [3.05, 3.63) is 69.8 Å². The van der Waals surface area contributed by atoms with Crippen LogP contribution >= 0.6 is 0 Å². The van der Waals surface area contributed by atoms with Crippen LogP contribution in [-0.2, 0) is 15.9 Å². The predicted octanol–water partition coefficient (Wildman–Crippen LogP) is 3.24. The van der Waals surface area contributed by atoms with Crippen molar-refractivity contribution in [2.45, 2.75) is 45.2 Å². The lowest BCUT2D eigenvalue weighted by Crippen LogP contribution is -2.54. The van der Waals surface area contributed by atoms with Crippen molar-refractivity contribution in [2.75, 3.05) is 52.6 Å². The van der Waals surface area contributed by atoms with Crippen LogP contribution in [0, 0.1) is 0 Å². The average molecular weight is 533 g/mol. The van der Waals surface area contributed by atoms with Gasteiger partial charge in [0.1, 0.15) is 0 Å². The maximum Gasteiger partial charge on any atom is 0.233 e. The molecule has 0 spiro atoms. The number of carbonyl (C=O) groups excluding carboxylic acids is 4. The van der Waals surface area contributed by atoms with Gasteiger partial charge in [0, 0.05) is 48.4 Å². The average Bonchev–Trinajstić information content (AvgIpc) is 3.06. The lowest BCUT2D eigenvalue weighted by Gasteiger charge is -2.39. The Morgan fingerprint density at radius 2 is 1.00 bits per heavy atom. The standard InChI is InChI=1S/C31H36N2O6/c1-30(2,32-9-13-38-14-10-32)28(36)22-7-5-20-17-21-6-8-23(19-25(21)27(35)26(34)24(20)18-22)29(37)31(3,4)33-11-15-39-16-12-33/h5-8,18-19H,9-17H2,1-4H3. The van der Waals surface area contributed by atoms with Crippen LogP contribution in [0.3, 0.4) is 0 Å². The van der Waals surface area contributed by atoms with Crippen LogP contribution in [0.15, 0.2) is 36.4 Å². The third kappa shape index (κ3) is 5.02. The zero-order valence-corrected chi connectivity index (χ0v) is 23.2. The Labute approximate surface area is 229 Å². The molecule has 5 rings (SSSR count). The van der Waals surface area contributed by atoms with Gasteiger partial charge in [-0.25, -0.2) is 0 Å². The summed E-state index contributed by atoms with van der Waals surface area (Å²) in [5.74, 6) is -1.51. The minimum absolute atomic E-state index is 0.104. The molecular weight excluding hydrogens is 496 g/mol. The SMILES string of the molecule is CC(C)(C(=O)c1ccc2c(c1)C(=O)C(=O)c1cc(C(=O)C(C)(C)N3CCOCC3)ccc1C2)N1CCOCC1. The molecule has 2 fully saturated rings. The van der Waals surface area contributed by atoms with Crippen LogP contribution < -0.4 is 0 Å². The lowest BCUT2D eigenvalue weighted by molar-refractivity contribution is -0.00443. The fourth-order valence-electron chi connectivity index (χ4n) is 5.85. The molecule has 39 heavy (non-hydrogen) atoms. The molecule has 0 saturated carbocycles. The van der Waals surface area contributed by atoms with Crippen molar-refractivity contribution >= 4 is 23.1 Å². The molecule has 0 radical (unpaired) electrons. The van der Waals surface area contributed by atoms with Gasteiger partial charge in [-0.05, 0) is 57.4 Å². The fourth-order valence-corrected chi connectivity index (χ4v) is 5.85. The van der Waals surface area contributed by atoms with Gasteiger partial charge in [0.2, 0.25) is 11.6 Å². The number of benzene rings is 2. The number of Topliss-reactive ketones (excluding diaryl/α,β-unsaturated/α-hetero) is 4. The summed E-state index contributed by atoms with van der Waals surface area (Å²) in [4.78, 5) is 58.2. The molecule has 2 aromatic carbocycles. The van der Waals surface area contributed by atoms with E-state index in [-0.39, 0.29) is 22.7 Å². The highest BCUT2D eigenvalue weighted by atomic mass is 16.5. The maximum atomic E-state index is 13.6. The maximum absolute atomic E-state index is 13.6. The van der Waals surface area contributed by atoms with E-state index in [4.69, 9.17) is 9.47 Å². The quantitative estimate of drug-likeness (QED) is 0.414. The number of fused-ring (bicyclic) bond motifs is 2. The predicted molar refractivity (Wildman–Crippen MR) is 146 cm³/mol. The first-order chi connectivity index (χ1) is 18.5. The van der Waals surface area contributed by atoms with Crippen molar-refractivity contribution in [1.82, 2.24) is 9.80 Å². The Morgan fingerprint density at radius 1 is 0.641 bits per heavy atom. The molecule has 1 aliphatic carbocycles. The summed E-state index contributed by atoms with van der Waals surface area (Å²) in [6, 6.07) is 10.2. The third-order valence-corrected chi connectivity index (χ3v) is 8.54. The summed E-state index contributed by atoms with van der Waals surface area (Å²) in [7, 11) is 0. The second kappa shape index (κ2) is 10.5. The van der Waals surface area contributed by atoms with Crippen molar-refractivity contribution in [3.63, 3.8) is 0 Å². The van der Waals surface area contributed by atoms with Crippen LogP contribution in [0.2, 0.25) is 0 Å². The summed E-state index contributed by atoms with van der Waals surface area (Å²) in [5, 5.41) is 0. The highest BCUT2D eigenvalue weighted by molar-refractivity contribution is 6.50. The van der Waals surface area contributed by atoms with E-state index in [1.807, 2.05) is 27.7 Å². The van der Waals surface area contributed by atoms with Gasteiger partial charge in [-0.15, -0.1) is 0 Å². The van der Waals surface area contributed by atoms with E-state index in [1.54, 1.807) is 36.4 Å². The zero-order valence-electron chi connectivity index (χ0n) is 23.2. The van der Waals surface area contributed by atoms with Gasteiger partial charge in [0.15, 0.2) is 11.6 Å². The molecule has 0 atom stereocenters. The van der Waals surface area contributed by atoms with Crippen LogP contribution in [0.1, 0.15) is 80.3 Å². The minimum Gasteiger partial charge on any atom is -0.379 e. The summed E-state index contributed by atoms with van der Waals surface area (Å²) >= 11 is 0. The molecular formula is C31H36N2O6. The van der Waals surface area contributed by atoms with E-state index >= 15 is 0 Å². The Morgan fingerprint density at radius 3 is 1.36 bits per heavy atom. The van der Waals surface area contributed by atoms with Crippen LogP contribution in [0.5, 0.6) is 0 Å². The van der Waals surface area contributed by atoms with Gasteiger partial charge in [-0.3, -0.25) is 29.0 Å². The molecule has 3 aliphatic rings. The second-order valence-corrected chi connectivity index (χ2v) is 11.6. The zero-order chi connectivity index (χ0) is 27.9. The summed E-state index contributed by atoms with van der Waals surface area (Å²) < 4.78 is 10.9. The van der Waals surface area contributed by atoms with Crippen molar-refractivity contribution in [1.29, 1.82) is 0 Å². The molecule has 2 aliphatic heterocycles. The van der Waals surface area contributed by atoms with Gasteiger partial charge < -0.3 is 9.47 Å². The molecule has 0 amide bonds. The lowest BCUT2D eigenvalue weighted by atomic mass is 9.88. The minimum atomic E-state index is -0.776. The molecule has 2 heterocycles. The Balaban J connectivity index is 1.43. The van der Waals surface area contributed by atoms with Crippen molar-refractivity contribution in [3.8, 4) is 0 Å². The van der Waals surface area contributed by atoms with Gasteiger partial charge in [-0.1, -0.05) is 24.3 Å². The fraction of sp³-hybridized carbons (Fsp3) is 0.484. The normalized spacial score (nSPS) is 19.3. The first kappa shape index (κ1) is 27.5. The number of ether oxygens (including phenoxy) is 2. The van der Waals surface area contributed by atoms with E-state index < -0.39 is 22.6 Å². The van der Waals surface area contributed by atoms with Crippen LogP contribution in [0.25, 0.3) is 0 Å². The molecule has 0 bridgehead atoms. The molecule has 8 nitrogen and oxygen atoms in total. The molecule has 0 N–H and O–H groups in total. The third-order valence-electron chi connectivity index (χ3n) is 8.54. The Bertz CT molecular complexity index is 1230. The molecule has 8 heteroatoms. The van der Waals surface area contributed by atoms with Gasteiger partial charge in [0.05, 0.1) is 37.5 Å². The number of carbonyl (C=O) groups is 4. The molecule has 2 saturated heterocycles. The topological polar surface area (TPSA) is 93.2 Å². The largest absolute Gasteiger partial charge is 0.379 e. The van der Waals surface area contributed by atoms with Crippen LogP contribution in [0.4, 0.5) is 0 Å². The number of rotatable bonds is 6. The highest BCUT2D eigenvalue weighted by Crippen LogP contribution is 2.30. The first-order valence-electron chi connectivity index (χ1n) is 13.6. The molecule has 2 aromatic rings. The van der Waals surface area contributed by atoms with E-state index in [0.717, 1.165) is 0 Å². The molecule has 206 valence electrons. The van der Waals surface area contributed by atoms with Crippen molar-refractivity contribution < 1.29 is 28.7 Å². The number of hydrogen-bond donors (Lipinski definition) is 0. The number of ketones is 4. The van der Waals surface area contributed by atoms with E-state index in [9.17, 15) is 19.2 Å². The number of nitrogens with zero attached hydrogens (tertiary/aromatic N) is 2. The van der Waals surface area contributed by atoms with E-state index in [0.29, 0.717) is 81.3 Å². The summed E-state index contributed by atoms with van der Waals surface area (Å²) in [5.41, 5.74) is 1.15. The molecule has 0 aromatic heterocycles. The number of morpholine rings is 2. The van der Waals surface area contributed by atoms with E-state index in [2.05, 4.69) is 9.80 Å². The molecule has 0 unspecified atom stereocenters. The van der Waals surface area contributed by atoms with Crippen molar-refractivity contribution in [2.24, 2.45) is 0 Å². The van der Waals surface area contributed by atoms with Gasteiger partial charge in [-0.2, -0.15) is 0 Å². The number of hydrogen-bond acceptors (Lipinski definition) is 8. The van der Waals surface area contributed by atoms with Gasteiger partial charge >= 0.3 is 0 Å². The van der Waals surface area contributed by atoms with E-state index in [1.165, 1.54) is 0 Å². The second-order valence-electron chi connectivity index (χ2n) is 11.6.